The molecule has 6 rings (SSSR count). The van der Waals surface area contributed by atoms with Crippen molar-refractivity contribution in [1.29, 1.82) is 0 Å². The second kappa shape index (κ2) is 17.8. The standard InChI is InChI=1S/C43H59NO6S2/c1-6-25-47-43-39(52-33-14-7-8-15-33)28-37(44-50-42(2,3)4)35-26-29(13-9-11-23-45)34(16-10-12-24-46)40(41(35)43)36-27-31(19-22-38(36)49-43)48-30-17-20-32(51-5)21-18-30/h6,17-22,26-27,29,33-34,39-41,45-46H,1,7-16,23-25,28H2,2-5H3. The van der Waals surface area contributed by atoms with Crippen LogP contribution in [0.15, 0.2) is 76.8 Å². The molecular weight excluding hydrogens is 691 g/mol. The SMILES string of the molecule is C=CCOC12Oc3ccc(Oc4ccc(SC)cc4)cc3C3C(CCCCO)C(CCCCO)C=C(C(=NOC(C)(C)C)CC1SC1CCCC1)C32. The van der Waals surface area contributed by atoms with E-state index in [9.17, 15) is 10.2 Å². The molecule has 284 valence electrons. The van der Waals surface area contributed by atoms with Gasteiger partial charge in [-0.1, -0.05) is 43.0 Å². The van der Waals surface area contributed by atoms with Crippen LogP contribution >= 0.6 is 23.5 Å². The molecule has 9 heteroatoms. The molecule has 6 unspecified atom stereocenters. The number of rotatable bonds is 17. The summed E-state index contributed by atoms with van der Waals surface area (Å²) in [6.45, 7) is 10.9. The quantitative estimate of drug-likeness (QED) is 0.0715. The van der Waals surface area contributed by atoms with E-state index in [1.54, 1.807) is 11.8 Å². The number of hydrogen-bond donors (Lipinski definition) is 2. The highest BCUT2D eigenvalue weighted by atomic mass is 32.2. The van der Waals surface area contributed by atoms with Gasteiger partial charge in [-0.05, 0) is 125 Å². The van der Waals surface area contributed by atoms with Gasteiger partial charge in [0.25, 0.3) is 0 Å². The van der Waals surface area contributed by atoms with Crippen molar-refractivity contribution in [3.05, 3.63) is 72.3 Å². The van der Waals surface area contributed by atoms with Crippen molar-refractivity contribution in [3.8, 4) is 17.2 Å². The zero-order valence-electron chi connectivity index (χ0n) is 31.6. The highest BCUT2D eigenvalue weighted by Crippen LogP contribution is 2.63. The molecule has 2 aromatic carbocycles. The Hall–Kier alpha value is -2.43. The minimum absolute atomic E-state index is 0.00873. The Labute approximate surface area is 320 Å². The van der Waals surface area contributed by atoms with Crippen LogP contribution in [0, 0.1) is 17.8 Å². The molecule has 1 aliphatic heterocycles. The van der Waals surface area contributed by atoms with Crippen molar-refractivity contribution < 1.29 is 29.3 Å². The van der Waals surface area contributed by atoms with Crippen LogP contribution in [0.1, 0.15) is 103 Å². The molecule has 0 amide bonds. The van der Waals surface area contributed by atoms with E-state index in [1.165, 1.54) is 36.2 Å². The maximum Gasteiger partial charge on any atom is 0.230 e. The highest BCUT2D eigenvalue weighted by molar-refractivity contribution is 8.00. The molecule has 0 saturated heterocycles. The number of fused-ring (bicyclic) bond motifs is 2. The van der Waals surface area contributed by atoms with Gasteiger partial charge in [0.05, 0.1) is 23.5 Å². The van der Waals surface area contributed by atoms with Gasteiger partial charge < -0.3 is 29.3 Å². The molecule has 0 radical (unpaired) electrons. The summed E-state index contributed by atoms with van der Waals surface area (Å²) in [4.78, 5) is 7.43. The number of hydrogen-bond acceptors (Lipinski definition) is 9. The lowest BCUT2D eigenvalue weighted by molar-refractivity contribution is -0.223. The summed E-state index contributed by atoms with van der Waals surface area (Å²) in [5.74, 6) is 1.88. The van der Waals surface area contributed by atoms with Gasteiger partial charge in [-0.2, -0.15) is 0 Å². The summed E-state index contributed by atoms with van der Waals surface area (Å²) in [6, 6.07) is 14.5. The van der Waals surface area contributed by atoms with Crippen LogP contribution in [0.2, 0.25) is 0 Å². The van der Waals surface area contributed by atoms with E-state index in [2.05, 4.69) is 43.2 Å². The Morgan fingerprint density at radius 2 is 1.69 bits per heavy atom. The van der Waals surface area contributed by atoms with Crippen LogP contribution < -0.4 is 9.47 Å². The van der Waals surface area contributed by atoms with Gasteiger partial charge in [0, 0.05) is 41.3 Å². The molecule has 4 aliphatic rings. The summed E-state index contributed by atoms with van der Waals surface area (Å²) in [5, 5.41) is 25.2. The van der Waals surface area contributed by atoms with Crippen molar-refractivity contribution in [1.82, 2.24) is 0 Å². The molecule has 7 nitrogen and oxygen atoms in total. The van der Waals surface area contributed by atoms with Gasteiger partial charge in [0.2, 0.25) is 5.79 Å². The Bertz CT molecular complexity index is 1550. The maximum absolute atomic E-state index is 9.89. The molecule has 2 saturated carbocycles. The van der Waals surface area contributed by atoms with E-state index in [0.29, 0.717) is 18.3 Å². The number of aliphatic hydroxyl groups is 2. The first kappa shape index (κ1) is 39.3. The summed E-state index contributed by atoms with van der Waals surface area (Å²) in [5.41, 5.74) is 2.86. The monoisotopic (exact) mass is 749 g/mol. The predicted molar refractivity (Wildman–Crippen MR) is 214 cm³/mol. The summed E-state index contributed by atoms with van der Waals surface area (Å²) in [6.07, 6.45) is 17.3. The Balaban J connectivity index is 1.53. The third-order valence-corrected chi connectivity index (χ3v) is 13.4. The van der Waals surface area contributed by atoms with E-state index in [0.717, 1.165) is 67.0 Å². The fourth-order valence-electron chi connectivity index (χ4n) is 8.74. The van der Waals surface area contributed by atoms with Gasteiger partial charge >= 0.3 is 0 Å². The average molecular weight is 750 g/mol. The van der Waals surface area contributed by atoms with E-state index < -0.39 is 11.4 Å². The van der Waals surface area contributed by atoms with Gasteiger partial charge in [-0.25, -0.2) is 0 Å². The van der Waals surface area contributed by atoms with E-state index in [1.807, 2.05) is 56.8 Å². The van der Waals surface area contributed by atoms with Gasteiger partial charge in [-0.15, -0.1) is 30.1 Å². The number of allylic oxidation sites excluding steroid dienone is 1. The van der Waals surface area contributed by atoms with Crippen LogP contribution in [0.25, 0.3) is 0 Å². The van der Waals surface area contributed by atoms with Crippen LogP contribution in [0.5, 0.6) is 17.2 Å². The fourth-order valence-corrected chi connectivity index (χ4v) is 10.9. The largest absolute Gasteiger partial charge is 0.460 e. The third kappa shape index (κ3) is 8.92. The van der Waals surface area contributed by atoms with E-state index in [-0.39, 0.29) is 42.1 Å². The second-order valence-electron chi connectivity index (χ2n) is 15.8. The molecule has 0 spiro atoms. The molecule has 6 atom stereocenters. The number of oxime groups is 1. The van der Waals surface area contributed by atoms with Crippen LogP contribution in [0.4, 0.5) is 0 Å². The third-order valence-electron chi connectivity index (χ3n) is 11.0. The Morgan fingerprint density at radius 3 is 2.37 bits per heavy atom. The molecule has 2 N–H and O–H groups in total. The van der Waals surface area contributed by atoms with Crippen molar-refractivity contribution in [2.45, 2.75) is 124 Å². The van der Waals surface area contributed by atoms with Gasteiger partial charge in [0.15, 0.2) is 0 Å². The summed E-state index contributed by atoms with van der Waals surface area (Å²) in [7, 11) is 0. The summed E-state index contributed by atoms with van der Waals surface area (Å²) >= 11 is 3.74. The van der Waals surface area contributed by atoms with Crippen molar-refractivity contribution in [3.63, 3.8) is 0 Å². The molecule has 0 bridgehead atoms. The lowest BCUT2D eigenvalue weighted by atomic mass is 9.56. The minimum Gasteiger partial charge on any atom is -0.460 e. The van der Waals surface area contributed by atoms with Gasteiger partial charge in [0.1, 0.15) is 22.8 Å². The average Bonchev–Trinajstić information content (AvgIpc) is 3.65. The second-order valence-corrected chi connectivity index (χ2v) is 18.2. The van der Waals surface area contributed by atoms with Crippen LogP contribution in [-0.4, -0.2) is 63.9 Å². The molecule has 0 aromatic heterocycles. The van der Waals surface area contributed by atoms with Crippen LogP contribution in [0.3, 0.4) is 0 Å². The maximum atomic E-state index is 9.89. The number of thioether (sulfide) groups is 2. The number of aliphatic hydroxyl groups excluding tert-OH is 2. The fraction of sp³-hybridized carbons (Fsp3) is 0.605. The highest BCUT2D eigenvalue weighted by Gasteiger charge is 2.64. The topological polar surface area (TPSA) is 89.7 Å². The van der Waals surface area contributed by atoms with Gasteiger partial charge in [-0.3, -0.25) is 0 Å². The predicted octanol–water partition coefficient (Wildman–Crippen LogP) is 10.3. The molecule has 2 fully saturated rings. The Kier molecular flexibility index (Phi) is 13.4. The smallest absolute Gasteiger partial charge is 0.230 e. The molecular formula is C43H59NO6S2. The summed E-state index contributed by atoms with van der Waals surface area (Å²) < 4.78 is 21.0. The first-order chi connectivity index (χ1) is 25.2. The van der Waals surface area contributed by atoms with Crippen LogP contribution in [-0.2, 0) is 9.57 Å². The molecule has 1 heterocycles. The first-order valence-corrected chi connectivity index (χ1v) is 21.6. The number of benzene rings is 2. The normalized spacial score (nSPS) is 27.8. The molecule has 52 heavy (non-hydrogen) atoms. The van der Waals surface area contributed by atoms with Crippen molar-refractivity contribution >= 4 is 29.2 Å². The molecule has 3 aliphatic carbocycles. The lowest BCUT2D eigenvalue weighted by Crippen LogP contribution is -2.64. The first-order valence-electron chi connectivity index (χ1n) is 19.4. The number of nitrogens with zero attached hydrogens (tertiary/aromatic N) is 1. The lowest BCUT2D eigenvalue weighted by Gasteiger charge is -2.58. The number of ether oxygens (including phenoxy) is 3. The van der Waals surface area contributed by atoms with E-state index in [4.69, 9.17) is 24.2 Å². The minimum atomic E-state index is -0.937. The zero-order valence-corrected chi connectivity index (χ0v) is 33.2. The number of unbranched alkanes of at least 4 members (excludes halogenated alkanes) is 2. The van der Waals surface area contributed by atoms with Crippen molar-refractivity contribution in [2.75, 3.05) is 26.1 Å². The zero-order chi connectivity index (χ0) is 36.7. The Morgan fingerprint density at radius 1 is 0.981 bits per heavy atom. The van der Waals surface area contributed by atoms with E-state index >= 15 is 0 Å². The van der Waals surface area contributed by atoms with Crippen molar-refractivity contribution in [2.24, 2.45) is 22.9 Å². The molecule has 2 aromatic rings.